The maximum atomic E-state index is 13.4. The molecule has 1 heterocycles. The third-order valence-electron chi connectivity index (χ3n) is 6.13. The molecule has 1 aliphatic rings. The number of rotatable bonds is 6. The molecule has 0 saturated carbocycles. The summed E-state index contributed by atoms with van der Waals surface area (Å²) in [7, 11) is 0. The molecule has 162 valence electrons. The van der Waals surface area contributed by atoms with Crippen molar-refractivity contribution in [3.05, 3.63) is 70.2 Å². The Morgan fingerprint density at radius 3 is 2.20 bits per heavy atom. The van der Waals surface area contributed by atoms with E-state index in [2.05, 4.69) is 44.7 Å². The monoisotopic (exact) mass is 426 g/mol. The van der Waals surface area contributed by atoms with Crippen LogP contribution in [0.3, 0.4) is 0 Å². The van der Waals surface area contributed by atoms with Gasteiger partial charge in [-0.05, 0) is 72.7 Å². The van der Waals surface area contributed by atoms with E-state index in [1.807, 2.05) is 41.3 Å². The first-order chi connectivity index (χ1) is 14.2. The first kappa shape index (κ1) is 22.8. The predicted octanol–water partition coefficient (Wildman–Crippen LogP) is 6.01. The zero-order valence-corrected chi connectivity index (χ0v) is 19.6. The van der Waals surface area contributed by atoms with Crippen LogP contribution in [0.2, 0.25) is 5.02 Å². The van der Waals surface area contributed by atoms with Gasteiger partial charge in [0.1, 0.15) is 0 Å². The minimum Gasteiger partial charge on any atom is -0.333 e. The molecule has 1 aliphatic heterocycles. The molecule has 0 unspecified atom stereocenters. The fourth-order valence-corrected chi connectivity index (χ4v) is 4.03. The van der Waals surface area contributed by atoms with Crippen molar-refractivity contribution in [1.29, 1.82) is 0 Å². The summed E-state index contributed by atoms with van der Waals surface area (Å²) in [5.41, 5.74) is 3.18. The van der Waals surface area contributed by atoms with E-state index in [0.717, 1.165) is 48.2 Å². The van der Waals surface area contributed by atoms with Gasteiger partial charge in [0.15, 0.2) is 0 Å². The lowest BCUT2D eigenvalue weighted by Crippen LogP contribution is -2.41. The maximum absolute atomic E-state index is 13.4. The van der Waals surface area contributed by atoms with Gasteiger partial charge in [0.05, 0.1) is 0 Å². The van der Waals surface area contributed by atoms with Crippen molar-refractivity contribution >= 4 is 17.5 Å². The van der Waals surface area contributed by atoms with Gasteiger partial charge in [-0.1, -0.05) is 63.6 Å². The molecule has 0 bridgehead atoms. The quantitative estimate of drug-likeness (QED) is 0.564. The number of amides is 1. The summed E-state index contributed by atoms with van der Waals surface area (Å²) in [5, 5.41) is 0.719. The lowest BCUT2D eigenvalue weighted by molar-refractivity contribution is 0.0709. The maximum Gasteiger partial charge on any atom is 0.254 e. The van der Waals surface area contributed by atoms with Gasteiger partial charge in [-0.25, -0.2) is 0 Å². The molecule has 30 heavy (non-hydrogen) atoms. The van der Waals surface area contributed by atoms with E-state index in [9.17, 15) is 4.79 Å². The number of piperidine rings is 1. The van der Waals surface area contributed by atoms with Crippen LogP contribution in [0.4, 0.5) is 0 Å². The molecule has 0 aliphatic carbocycles. The van der Waals surface area contributed by atoms with E-state index in [0.29, 0.717) is 6.54 Å². The molecular weight excluding hydrogens is 392 g/mol. The Bertz CT molecular complexity index is 816. The van der Waals surface area contributed by atoms with Crippen LogP contribution in [-0.4, -0.2) is 41.9 Å². The number of hydrogen-bond donors (Lipinski definition) is 0. The van der Waals surface area contributed by atoms with Crippen LogP contribution in [0.25, 0.3) is 0 Å². The van der Waals surface area contributed by atoms with E-state index in [1.165, 1.54) is 18.4 Å². The van der Waals surface area contributed by atoms with Crippen LogP contribution in [-0.2, 0) is 12.0 Å². The standard InChI is InChI=1S/C26H35ClN2O/c1-20-13-15-28(16-14-20)17-18-29(19-21-5-11-24(27)12-6-21)25(30)22-7-9-23(10-8-22)26(2,3)4/h5-12,20H,13-19H2,1-4H3. The van der Waals surface area contributed by atoms with Gasteiger partial charge in [-0.2, -0.15) is 0 Å². The summed E-state index contributed by atoms with van der Waals surface area (Å²) in [6.45, 7) is 13.4. The Kier molecular flexibility index (Phi) is 7.60. The Labute approximate surface area is 187 Å². The zero-order valence-electron chi connectivity index (χ0n) is 18.8. The van der Waals surface area contributed by atoms with E-state index in [1.54, 1.807) is 0 Å². The van der Waals surface area contributed by atoms with Gasteiger partial charge in [0, 0.05) is 30.2 Å². The van der Waals surface area contributed by atoms with Gasteiger partial charge in [-0.15, -0.1) is 0 Å². The average molecular weight is 427 g/mol. The van der Waals surface area contributed by atoms with Gasteiger partial charge in [-0.3, -0.25) is 4.79 Å². The molecule has 0 aromatic heterocycles. The first-order valence-electron chi connectivity index (χ1n) is 11.1. The van der Waals surface area contributed by atoms with Gasteiger partial charge in [0.2, 0.25) is 0 Å². The van der Waals surface area contributed by atoms with E-state index < -0.39 is 0 Å². The van der Waals surface area contributed by atoms with Crippen LogP contribution < -0.4 is 0 Å². The van der Waals surface area contributed by atoms with E-state index in [4.69, 9.17) is 11.6 Å². The molecule has 0 radical (unpaired) electrons. The number of nitrogens with zero attached hydrogens (tertiary/aromatic N) is 2. The number of carbonyl (C=O) groups is 1. The third-order valence-corrected chi connectivity index (χ3v) is 6.39. The number of carbonyl (C=O) groups excluding carboxylic acids is 1. The van der Waals surface area contributed by atoms with Crippen LogP contribution in [0.15, 0.2) is 48.5 Å². The highest BCUT2D eigenvalue weighted by Gasteiger charge is 2.21. The summed E-state index contributed by atoms with van der Waals surface area (Å²) in [4.78, 5) is 17.9. The van der Waals surface area contributed by atoms with E-state index in [-0.39, 0.29) is 11.3 Å². The van der Waals surface area contributed by atoms with Crippen molar-refractivity contribution in [1.82, 2.24) is 9.80 Å². The number of benzene rings is 2. The molecule has 4 heteroatoms. The third kappa shape index (κ3) is 6.33. The number of likely N-dealkylation sites (tertiary alicyclic amines) is 1. The van der Waals surface area contributed by atoms with Crippen molar-refractivity contribution in [2.24, 2.45) is 5.92 Å². The second kappa shape index (κ2) is 9.98. The predicted molar refractivity (Wildman–Crippen MR) is 126 cm³/mol. The molecule has 3 rings (SSSR count). The number of hydrogen-bond acceptors (Lipinski definition) is 2. The first-order valence-corrected chi connectivity index (χ1v) is 11.5. The summed E-state index contributed by atoms with van der Waals surface area (Å²) in [6.07, 6.45) is 2.50. The second-order valence-electron chi connectivity index (χ2n) is 9.70. The Morgan fingerprint density at radius 2 is 1.63 bits per heavy atom. The number of halogens is 1. The van der Waals surface area contributed by atoms with Gasteiger partial charge >= 0.3 is 0 Å². The average Bonchev–Trinajstić information content (AvgIpc) is 2.72. The SMILES string of the molecule is CC1CCN(CCN(Cc2ccc(Cl)cc2)C(=O)c2ccc(C(C)(C)C)cc2)CC1. The molecule has 2 aromatic rings. The van der Waals surface area contributed by atoms with Crippen LogP contribution >= 0.6 is 11.6 Å². The second-order valence-corrected chi connectivity index (χ2v) is 10.1. The van der Waals surface area contributed by atoms with Crippen LogP contribution in [0, 0.1) is 5.92 Å². The highest BCUT2D eigenvalue weighted by atomic mass is 35.5. The summed E-state index contributed by atoms with van der Waals surface area (Å²) in [6, 6.07) is 15.9. The zero-order chi connectivity index (χ0) is 21.7. The van der Waals surface area contributed by atoms with E-state index >= 15 is 0 Å². The molecule has 3 nitrogen and oxygen atoms in total. The molecule has 1 fully saturated rings. The summed E-state index contributed by atoms with van der Waals surface area (Å²) >= 11 is 6.05. The topological polar surface area (TPSA) is 23.6 Å². The normalized spacial score (nSPS) is 15.9. The molecule has 0 atom stereocenters. The summed E-state index contributed by atoms with van der Waals surface area (Å²) < 4.78 is 0. The molecule has 1 amide bonds. The van der Waals surface area contributed by atoms with Crippen LogP contribution in [0.5, 0.6) is 0 Å². The Hall–Kier alpha value is -1.84. The molecule has 0 N–H and O–H groups in total. The van der Waals surface area contributed by atoms with Gasteiger partial charge < -0.3 is 9.80 Å². The highest BCUT2D eigenvalue weighted by Crippen LogP contribution is 2.23. The van der Waals surface area contributed by atoms with Crippen molar-refractivity contribution in [2.45, 2.75) is 52.5 Å². The van der Waals surface area contributed by atoms with Crippen molar-refractivity contribution in [3.8, 4) is 0 Å². The molecule has 2 aromatic carbocycles. The largest absolute Gasteiger partial charge is 0.333 e. The van der Waals surface area contributed by atoms with Gasteiger partial charge in [0.25, 0.3) is 5.91 Å². The van der Waals surface area contributed by atoms with Crippen molar-refractivity contribution < 1.29 is 4.79 Å². The minimum absolute atomic E-state index is 0.0793. The Morgan fingerprint density at radius 1 is 1.03 bits per heavy atom. The minimum atomic E-state index is 0.0793. The fourth-order valence-electron chi connectivity index (χ4n) is 3.91. The van der Waals surface area contributed by atoms with Crippen molar-refractivity contribution in [2.75, 3.05) is 26.2 Å². The van der Waals surface area contributed by atoms with Crippen molar-refractivity contribution in [3.63, 3.8) is 0 Å². The molecule has 1 saturated heterocycles. The lowest BCUT2D eigenvalue weighted by Gasteiger charge is -2.32. The highest BCUT2D eigenvalue weighted by molar-refractivity contribution is 6.30. The molecular formula is C26H35ClN2O. The Balaban J connectivity index is 1.73. The van der Waals surface area contributed by atoms with Crippen LogP contribution in [0.1, 0.15) is 62.0 Å². The molecule has 0 spiro atoms. The summed E-state index contributed by atoms with van der Waals surface area (Å²) in [5.74, 6) is 0.908. The smallest absolute Gasteiger partial charge is 0.254 e. The lowest BCUT2D eigenvalue weighted by atomic mass is 9.86. The fraction of sp³-hybridized carbons (Fsp3) is 0.500.